The minimum Gasteiger partial charge on any atom is -1.00 e. The van der Waals surface area contributed by atoms with Gasteiger partial charge in [0, 0.05) is 6.92 Å². The molecule has 0 rings (SSSR count). The highest BCUT2D eigenvalue weighted by Gasteiger charge is 1.97. The molecule has 0 aromatic rings. The van der Waals surface area contributed by atoms with E-state index in [1.165, 1.54) is 0 Å². The van der Waals surface area contributed by atoms with Crippen molar-refractivity contribution >= 4 is 5.84 Å². The summed E-state index contributed by atoms with van der Waals surface area (Å²) in [6.07, 6.45) is 0. The zero-order valence-corrected chi connectivity index (χ0v) is 8.63. The van der Waals surface area contributed by atoms with E-state index in [-0.39, 0.29) is 30.6 Å². The van der Waals surface area contributed by atoms with Crippen molar-refractivity contribution in [3.05, 3.63) is 0 Å². The van der Waals surface area contributed by atoms with Crippen molar-refractivity contribution in [2.45, 2.75) is 13.8 Å². The Balaban J connectivity index is 0. The first-order valence-corrected chi connectivity index (χ1v) is 3.17. The van der Waals surface area contributed by atoms with Gasteiger partial charge in [0.2, 0.25) is 5.84 Å². The van der Waals surface area contributed by atoms with E-state index in [2.05, 4.69) is 0 Å². The standard InChI is InChI=1S/C6H14N2O.HI/c1-3-8(4-5-9)6(2)7;/h7,9H,3-5H2,1-2H3;1H. The monoisotopic (exact) mass is 258 g/mol. The zero-order valence-electron chi connectivity index (χ0n) is 6.47. The fourth-order valence-corrected chi connectivity index (χ4v) is 0.705. The molecule has 0 aromatic carbocycles. The van der Waals surface area contributed by atoms with Gasteiger partial charge in [-0.15, -0.1) is 0 Å². The quantitative estimate of drug-likeness (QED) is 0.238. The molecule has 0 aliphatic heterocycles. The molecule has 0 radical (unpaired) electrons. The first kappa shape index (κ1) is 12.8. The number of halogens is 1. The molecule has 3 N–H and O–H groups in total. The molecule has 62 valence electrons. The lowest BCUT2D eigenvalue weighted by atomic mass is 10.5. The van der Waals surface area contributed by atoms with E-state index in [1.807, 2.05) is 18.4 Å². The summed E-state index contributed by atoms with van der Waals surface area (Å²) < 4.78 is 1.92. The van der Waals surface area contributed by atoms with Gasteiger partial charge < -0.3 is 29.1 Å². The van der Waals surface area contributed by atoms with Crippen molar-refractivity contribution in [2.24, 2.45) is 5.73 Å². The topological polar surface area (TPSA) is 49.3 Å². The van der Waals surface area contributed by atoms with Gasteiger partial charge in [-0.05, 0) is 6.92 Å². The number of amidine groups is 1. The molecule has 0 spiro atoms. The molecule has 0 aromatic heterocycles. The van der Waals surface area contributed by atoms with E-state index in [9.17, 15) is 0 Å². The number of rotatable bonds is 3. The van der Waals surface area contributed by atoms with Crippen molar-refractivity contribution < 1.29 is 33.7 Å². The van der Waals surface area contributed by atoms with Crippen LogP contribution in [0.15, 0.2) is 0 Å². The Hall–Kier alpha value is 0.160. The van der Waals surface area contributed by atoms with E-state index < -0.39 is 0 Å². The van der Waals surface area contributed by atoms with Crippen molar-refractivity contribution in [1.82, 2.24) is 0 Å². The van der Waals surface area contributed by atoms with Crippen molar-refractivity contribution in [3.8, 4) is 0 Å². The van der Waals surface area contributed by atoms with Crippen LogP contribution in [0.25, 0.3) is 0 Å². The Morgan fingerprint density at radius 3 is 2.20 bits per heavy atom. The first-order chi connectivity index (χ1) is 4.22. The SMILES string of the molecule is CC[N+](CCO)=C(C)N.[I-]. The molecule has 4 heteroatoms. The van der Waals surface area contributed by atoms with Gasteiger partial charge in [0.25, 0.3) is 0 Å². The van der Waals surface area contributed by atoms with Gasteiger partial charge in [0.15, 0.2) is 0 Å². The molecule has 0 atom stereocenters. The number of aliphatic hydroxyl groups is 1. The van der Waals surface area contributed by atoms with Gasteiger partial charge in [-0.3, -0.25) is 10.3 Å². The van der Waals surface area contributed by atoms with Crippen molar-refractivity contribution in [1.29, 1.82) is 0 Å². The number of hydrogen-bond acceptors (Lipinski definition) is 1. The molecule has 0 bridgehead atoms. The molecule has 0 saturated heterocycles. The van der Waals surface area contributed by atoms with Crippen LogP contribution < -0.4 is 29.7 Å². The Kier molecular flexibility index (Phi) is 9.31. The van der Waals surface area contributed by atoms with E-state index >= 15 is 0 Å². The second kappa shape index (κ2) is 7.27. The number of nitrogens with zero attached hydrogens (tertiary/aromatic N) is 1. The molecule has 3 nitrogen and oxygen atoms in total. The highest BCUT2D eigenvalue weighted by Crippen LogP contribution is 1.73. The molecule has 0 saturated carbocycles. The first-order valence-electron chi connectivity index (χ1n) is 3.17. The molecule has 0 aliphatic carbocycles. The number of likely N-dealkylation sites (N-methyl/N-ethyl adjacent to an activating group) is 1. The Labute approximate surface area is 78.9 Å². The molecule has 0 fully saturated rings. The van der Waals surface area contributed by atoms with E-state index in [1.54, 1.807) is 0 Å². The normalized spacial score (nSPS) is 11.9. The summed E-state index contributed by atoms with van der Waals surface area (Å²) in [6, 6.07) is 0. The molecule has 0 amide bonds. The lowest BCUT2D eigenvalue weighted by Crippen LogP contribution is -3.00. The molecule has 0 aliphatic rings. The Morgan fingerprint density at radius 1 is 1.60 bits per heavy atom. The minimum absolute atomic E-state index is 0. The molecular formula is C6H15IN2O. The third-order valence-electron chi connectivity index (χ3n) is 1.25. The fraction of sp³-hybridized carbons (Fsp3) is 0.833. The lowest BCUT2D eigenvalue weighted by molar-refractivity contribution is -0.527. The summed E-state index contributed by atoms with van der Waals surface area (Å²) in [6.45, 7) is 5.51. The minimum atomic E-state index is 0. The van der Waals surface area contributed by atoms with Crippen LogP contribution in [0.2, 0.25) is 0 Å². The fourth-order valence-electron chi connectivity index (χ4n) is 0.705. The van der Waals surface area contributed by atoms with Gasteiger partial charge in [0.05, 0.1) is 13.2 Å². The summed E-state index contributed by atoms with van der Waals surface area (Å²) in [7, 11) is 0. The highest BCUT2D eigenvalue weighted by atomic mass is 127. The van der Waals surface area contributed by atoms with Crippen LogP contribution in [0.1, 0.15) is 13.8 Å². The van der Waals surface area contributed by atoms with Crippen LogP contribution >= 0.6 is 0 Å². The van der Waals surface area contributed by atoms with Crippen molar-refractivity contribution in [3.63, 3.8) is 0 Å². The second-order valence-electron chi connectivity index (χ2n) is 1.94. The lowest BCUT2D eigenvalue weighted by Gasteiger charge is -2.01. The molecule has 0 unspecified atom stereocenters. The van der Waals surface area contributed by atoms with E-state index in [0.29, 0.717) is 6.54 Å². The Bertz CT molecular complexity index is 110. The van der Waals surface area contributed by atoms with Crippen LogP contribution in [0, 0.1) is 0 Å². The number of hydrogen-bond donors (Lipinski definition) is 2. The van der Waals surface area contributed by atoms with Crippen LogP contribution in [0.5, 0.6) is 0 Å². The maximum absolute atomic E-state index is 8.51. The maximum Gasteiger partial charge on any atom is 0.239 e. The average Bonchev–Trinajstić information content (AvgIpc) is 1.82. The van der Waals surface area contributed by atoms with E-state index in [4.69, 9.17) is 10.8 Å². The summed E-state index contributed by atoms with van der Waals surface area (Å²) in [4.78, 5) is 0. The Morgan fingerprint density at radius 2 is 2.10 bits per heavy atom. The summed E-state index contributed by atoms with van der Waals surface area (Å²) in [5, 5.41) is 8.51. The molecular weight excluding hydrogens is 243 g/mol. The smallest absolute Gasteiger partial charge is 0.239 e. The average molecular weight is 258 g/mol. The van der Waals surface area contributed by atoms with Gasteiger partial charge in [-0.1, -0.05) is 0 Å². The van der Waals surface area contributed by atoms with Gasteiger partial charge >= 0.3 is 0 Å². The summed E-state index contributed by atoms with van der Waals surface area (Å²) >= 11 is 0. The van der Waals surface area contributed by atoms with E-state index in [0.717, 1.165) is 12.4 Å². The summed E-state index contributed by atoms with van der Waals surface area (Å²) in [5.41, 5.74) is 5.46. The maximum atomic E-state index is 8.51. The predicted octanol–water partition coefficient (Wildman–Crippen LogP) is -3.61. The van der Waals surface area contributed by atoms with Crippen LogP contribution in [-0.4, -0.2) is 35.2 Å². The zero-order chi connectivity index (χ0) is 7.28. The highest BCUT2D eigenvalue weighted by molar-refractivity contribution is 5.72. The van der Waals surface area contributed by atoms with Crippen LogP contribution in [0.4, 0.5) is 0 Å². The number of aliphatic hydroxyl groups excluding tert-OH is 1. The third kappa shape index (κ3) is 4.99. The van der Waals surface area contributed by atoms with Gasteiger partial charge in [-0.25, -0.2) is 0 Å². The summed E-state index contributed by atoms with van der Waals surface area (Å²) in [5.74, 6) is 0.770. The third-order valence-corrected chi connectivity index (χ3v) is 1.25. The van der Waals surface area contributed by atoms with Crippen molar-refractivity contribution in [2.75, 3.05) is 19.7 Å². The predicted molar refractivity (Wildman–Crippen MR) is 37.6 cm³/mol. The van der Waals surface area contributed by atoms with Crippen LogP contribution in [0.3, 0.4) is 0 Å². The van der Waals surface area contributed by atoms with Gasteiger partial charge in [-0.2, -0.15) is 0 Å². The largest absolute Gasteiger partial charge is 1.00 e. The number of nitrogens with two attached hydrogens (primary N) is 1. The second-order valence-corrected chi connectivity index (χ2v) is 1.94. The molecule has 0 heterocycles. The van der Waals surface area contributed by atoms with Crippen LogP contribution in [-0.2, 0) is 0 Å². The molecule has 10 heavy (non-hydrogen) atoms. The van der Waals surface area contributed by atoms with Gasteiger partial charge in [0.1, 0.15) is 6.54 Å².